The fourth-order valence-electron chi connectivity index (χ4n) is 0. The predicted octanol–water partition coefficient (Wildman–Crippen LogP) is -0.439. The van der Waals surface area contributed by atoms with Gasteiger partial charge in [0.1, 0.15) is 0 Å². The molecule has 0 aromatic heterocycles. The first kappa shape index (κ1) is 25.7. The summed E-state index contributed by atoms with van der Waals surface area (Å²) in [5.74, 6) is 0. The van der Waals surface area contributed by atoms with Gasteiger partial charge in [-0.25, -0.2) is 0 Å². The van der Waals surface area contributed by atoms with Gasteiger partial charge in [0.05, 0.1) is 0 Å². The summed E-state index contributed by atoms with van der Waals surface area (Å²) in [6.07, 6.45) is 0. The number of hydrogen-bond acceptors (Lipinski definition) is 3. The smallest absolute Gasteiger partial charge is 0.290 e. The van der Waals surface area contributed by atoms with Gasteiger partial charge in [0.15, 0.2) is 0 Å². The summed E-state index contributed by atoms with van der Waals surface area (Å²) >= 11 is 0. The van der Waals surface area contributed by atoms with Gasteiger partial charge in [-0.1, -0.05) is 0 Å². The van der Waals surface area contributed by atoms with Crippen molar-refractivity contribution in [3.05, 3.63) is 0 Å². The molecule has 0 saturated heterocycles. The third kappa shape index (κ3) is 604. The fourth-order valence-corrected chi connectivity index (χ4v) is 0. The average molecular weight is 216 g/mol. The van der Waals surface area contributed by atoms with Gasteiger partial charge in [-0.3, -0.25) is 9.59 Å². The molecule has 0 aliphatic carbocycles. The van der Waals surface area contributed by atoms with Gasteiger partial charge in [-0.05, 0) is 0 Å². The van der Waals surface area contributed by atoms with Gasteiger partial charge in [-0.15, -0.1) is 0 Å². The zero-order chi connectivity index (χ0) is 5.41. The molecule has 0 atom stereocenters. The number of rotatable bonds is 0. The first-order valence-electron chi connectivity index (χ1n) is 0.988. The molecular formula is C2H7NO4Pd. The maximum Gasteiger partial charge on any atom is 0.290 e. The van der Waals surface area contributed by atoms with Crippen LogP contribution in [0.5, 0.6) is 0 Å². The third-order valence-electron chi connectivity index (χ3n) is 0. The van der Waals surface area contributed by atoms with Crippen molar-refractivity contribution >= 4 is 12.9 Å². The molecule has 0 aliphatic heterocycles. The van der Waals surface area contributed by atoms with Crippen LogP contribution in [-0.2, 0) is 30.0 Å². The van der Waals surface area contributed by atoms with E-state index in [9.17, 15) is 0 Å². The van der Waals surface area contributed by atoms with Crippen molar-refractivity contribution in [3.63, 3.8) is 0 Å². The van der Waals surface area contributed by atoms with Gasteiger partial charge < -0.3 is 16.4 Å². The largest absolute Gasteiger partial charge is 0.483 e. The Morgan fingerprint density at radius 2 is 1.00 bits per heavy atom. The van der Waals surface area contributed by atoms with Crippen LogP contribution in [0.1, 0.15) is 0 Å². The van der Waals surface area contributed by atoms with E-state index in [0.717, 1.165) is 0 Å². The van der Waals surface area contributed by atoms with E-state index in [1.54, 1.807) is 0 Å². The standard InChI is InChI=1S/2CH2O2.H3N.Pd/c2*2-1-3;;/h2*1H,(H,2,3);1H3;. The Kier molecular flexibility index (Phi) is 267. The molecule has 5 nitrogen and oxygen atoms in total. The summed E-state index contributed by atoms with van der Waals surface area (Å²) in [6.45, 7) is -0.500. The molecule has 0 aromatic carbocycles. The zero-order valence-electron chi connectivity index (χ0n) is 3.89. The molecule has 0 unspecified atom stereocenters. The molecule has 0 amide bonds. The van der Waals surface area contributed by atoms with Crippen molar-refractivity contribution in [1.29, 1.82) is 0 Å². The minimum absolute atomic E-state index is 0. The molecule has 0 rings (SSSR count). The van der Waals surface area contributed by atoms with Crippen molar-refractivity contribution in [2.45, 2.75) is 0 Å². The van der Waals surface area contributed by atoms with Crippen molar-refractivity contribution < 1.29 is 40.2 Å². The summed E-state index contributed by atoms with van der Waals surface area (Å²) in [5.41, 5.74) is 0. The summed E-state index contributed by atoms with van der Waals surface area (Å²) in [6, 6.07) is 0. The molecule has 8 heavy (non-hydrogen) atoms. The van der Waals surface area contributed by atoms with Crippen LogP contribution in [0.15, 0.2) is 0 Å². The van der Waals surface area contributed by atoms with Gasteiger partial charge in [0, 0.05) is 20.4 Å². The van der Waals surface area contributed by atoms with E-state index < -0.39 is 0 Å². The topological polar surface area (TPSA) is 110 Å². The van der Waals surface area contributed by atoms with Gasteiger partial charge in [-0.2, -0.15) is 0 Å². The van der Waals surface area contributed by atoms with E-state index in [1.807, 2.05) is 0 Å². The van der Waals surface area contributed by atoms with Crippen molar-refractivity contribution in [2.75, 3.05) is 0 Å². The van der Waals surface area contributed by atoms with Gasteiger partial charge in [0.2, 0.25) is 0 Å². The molecule has 0 aromatic rings. The average Bonchev–Trinajstić information content (AvgIpc) is 1.39. The fraction of sp³-hybridized carbons (Fsp3) is 0. The molecule has 5 N–H and O–H groups in total. The molecule has 0 heterocycles. The summed E-state index contributed by atoms with van der Waals surface area (Å²) in [5, 5.41) is 13.8. The number of hydrogen-bond donors (Lipinski definition) is 3. The van der Waals surface area contributed by atoms with Crippen LogP contribution in [-0.4, -0.2) is 23.2 Å². The van der Waals surface area contributed by atoms with Gasteiger partial charge in [0.25, 0.3) is 12.9 Å². The summed E-state index contributed by atoms with van der Waals surface area (Å²) in [4.78, 5) is 16.7. The third-order valence-corrected chi connectivity index (χ3v) is 0. The Hall–Kier alpha value is -0.438. The Morgan fingerprint density at radius 3 is 1.00 bits per heavy atom. The van der Waals surface area contributed by atoms with Crippen LogP contribution in [0.4, 0.5) is 0 Å². The van der Waals surface area contributed by atoms with E-state index in [1.165, 1.54) is 0 Å². The molecule has 0 radical (unpaired) electrons. The second kappa shape index (κ2) is 83.2. The van der Waals surface area contributed by atoms with E-state index >= 15 is 0 Å². The Labute approximate surface area is 59.9 Å². The van der Waals surface area contributed by atoms with Crippen molar-refractivity contribution in [3.8, 4) is 0 Å². The Morgan fingerprint density at radius 1 is 1.00 bits per heavy atom. The van der Waals surface area contributed by atoms with Crippen LogP contribution in [0.2, 0.25) is 0 Å². The number of carboxylic acid groups (broad SMARTS) is 2. The maximum absolute atomic E-state index is 8.36. The summed E-state index contributed by atoms with van der Waals surface area (Å²) in [7, 11) is 0. The quantitative estimate of drug-likeness (QED) is 0.375. The minimum Gasteiger partial charge on any atom is -0.483 e. The van der Waals surface area contributed by atoms with E-state index in [-0.39, 0.29) is 39.5 Å². The molecule has 54 valence electrons. The van der Waals surface area contributed by atoms with Crippen LogP contribution in [0, 0.1) is 0 Å². The minimum atomic E-state index is -0.250. The first-order valence-corrected chi connectivity index (χ1v) is 0.988. The second-order valence-electron chi connectivity index (χ2n) is 0.211. The maximum atomic E-state index is 8.36. The van der Waals surface area contributed by atoms with Crippen LogP contribution >= 0.6 is 0 Å². The molecule has 0 spiro atoms. The Bertz CT molecular complexity index is 35.0. The molecule has 6 heteroatoms. The number of carbonyl (C=O) groups is 2. The monoisotopic (exact) mass is 215 g/mol. The molecule has 0 aliphatic rings. The van der Waals surface area contributed by atoms with Crippen molar-refractivity contribution in [2.24, 2.45) is 0 Å². The molecule has 0 saturated carbocycles. The zero-order valence-corrected chi connectivity index (χ0v) is 5.44. The Balaban J connectivity index is -0.0000000160. The normalized spacial score (nSPS) is 3.00. The summed E-state index contributed by atoms with van der Waals surface area (Å²) < 4.78 is 0. The van der Waals surface area contributed by atoms with Crippen molar-refractivity contribution in [1.82, 2.24) is 6.15 Å². The molecular weight excluding hydrogens is 208 g/mol. The van der Waals surface area contributed by atoms with E-state index in [2.05, 4.69) is 0 Å². The van der Waals surface area contributed by atoms with E-state index in [0.29, 0.717) is 0 Å². The molecule has 0 bridgehead atoms. The van der Waals surface area contributed by atoms with Crippen LogP contribution in [0.3, 0.4) is 0 Å². The first-order chi connectivity index (χ1) is 2.83. The van der Waals surface area contributed by atoms with Gasteiger partial charge >= 0.3 is 0 Å². The SMILES string of the molecule is N.O=CO.O=CO.[Pd]. The van der Waals surface area contributed by atoms with E-state index in [4.69, 9.17) is 19.8 Å². The van der Waals surface area contributed by atoms with Crippen LogP contribution in [0.25, 0.3) is 0 Å². The second-order valence-corrected chi connectivity index (χ2v) is 0.211. The van der Waals surface area contributed by atoms with Crippen LogP contribution < -0.4 is 6.15 Å². The predicted molar refractivity (Wildman–Crippen MR) is 22.4 cm³/mol. The molecule has 0 fully saturated rings.